The van der Waals surface area contributed by atoms with Crippen molar-refractivity contribution in [1.82, 2.24) is 0 Å². The van der Waals surface area contributed by atoms with Crippen LogP contribution in [0.5, 0.6) is 0 Å². The summed E-state index contributed by atoms with van der Waals surface area (Å²) in [5, 5.41) is 0. The average molecular weight is 531 g/mol. The zero-order valence-electron chi connectivity index (χ0n) is 25.1. The third-order valence-corrected chi connectivity index (χ3v) is 9.48. The fraction of sp³-hybridized carbons (Fsp3) is 0.543. The Morgan fingerprint density at radius 3 is 2.10 bits per heavy atom. The van der Waals surface area contributed by atoms with Gasteiger partial charge >= 0.3 is 5.97 Å². The summed E-state index contributed by atoms with van der Waals surface area (Å²) in [6, 6.07) is 15.4. The molecule has 0 spiro atoms. The normalized spacial score (nSPS) is 25.9. The Kier molecular flexibility index (Phi) is 7.77. The van der Waals surface area contributed by atoms with Crippen LogP contribution in [0.3, 0.4) is 0 Å². The number of rotatable bonds is 8. The SMILES string of the molecule is C=CC[C@]12CC[C@H]([C@@H](OCc3cc(C(C)(C)C)cc(C(C)(C)C)c3)[C@H]1OC(=O)C(=O)c1ccccc1)C2(C)C. The first-order valence-electron chi connectivity index (χ1n) is 14.3. The van der Waals surface area contributed by atoms with E-state index in [0.717, 1.165) is 18.4 Å². The number of carbonyl (C=O) groups excluding carboxylic acids is 2. The average Bonchev–Trinajstić information content (AvgIpc) is 3.21. The number of hydrogen-bond donors (Lipinski definition) is 0. The van der Waals surface area contributed by atoms with E-state index in [1.165, 1.54) is 11.1 Å². The summed E-state index contributed by atoms with van der Waals surface area (Å²) >= 11 is 0. The lowest BCUT2D eigenvalue weighted by atomic mass is 9.66. The Hall–Kier alpha value is -2.72. The highest BCUT2D eigenvalue weighted by Crippen LogP contribution is 2.68. The van der Waals surface area contributed by atoms with Crippen molar-refractivity contribution < 1.29 is 19.1 Å². The fourth-order valence-electron chi connectivity index (χ4n) is 6.91. The van der Waals surface area contributed by atoms with Crippen LogP contribution in [0.1, 0.15) is 102 Å². The minimum absolute atomic E-state index is 0.00825. The Bertz CT molecular complexity index is 1200. The molecule has 0 radical (unpaired) electrons. The first-order chi connectivity index (χ1) is 18.1. The molecule has 2 fully saturated rings. The second kappa shape index (κ2) is 10.4. The van der Waals surface area contributed by atoms with Gasteiger partial charge in [-0.05, 0) is 58.1 Å². The molecule has 4 rings (SSSR count). The molecule has 2 aromatic carbocycles. The maximum Gasteiger partial charge on any atom is 0.380 e. The fourth-order valence-corrected chi connectivity index (χ4v) is 6.91. The van der Waals surface area contributed by atoms with E-state index in [2.05, 4.69) is 80.2 Å². The van der Waals surface area contributed by atoms with Crippen LogP contribution >= 0.6 is 0 Å². The maximum absolute atomic E-state index is 13.2. The molecule has 2 saturated carbocycles. The maximum atomic E-state index is 13.2. The van der Waals surface area contributed by atoms with Gasteiger partial charge in [-0.1, -0.05) is 110 Å². The van der Waals surface area contributed by atoms with E-state index in [1.807, 2.05) is 12.1 Å². The molecule has 0 N–H and O–H groups in total. The molecule has 0 aliphatic heterocycles. The molecule has 0 heterocycles. The van der Waals surface area contributed by atoms with Crippen molar-refractivity contribution in [3.8, 4) is 0 Å². The Labute approximate surface area is 235 Å². The number of hydrogen-bond acceptors (Lipinski definition) is 4. The highest BCUT2D eigenvalue weighted by molar-refractivity contribution is 6.40. The third kappa shape index (κ3) is 5.37. The number of carbonyl (C=O) groups is 2. The summed E-state index contributed by atoms with van der Waals surface area (Å²) in [7, 11) is 0. The van der Waals surface area contributed by atoms with Gasteiger partial charge < -0.3 is 9.47 Å². The molecule has 2 aliphatic rings. The first-order valence-corrected chi connectivity index (χ1v) is 14.3. The van der Waals surface area contributed by atoms with E-state index in [1.54, 1.807) is 24.3 Å². The molecule has 4 nitrogen and oxygen atoms in total. The van der Waals surface area contributed by atoms with Crippen molar-refractivity contribution in [3.63, 3.8) is 0 Å². The van der Waals surface area contributed by atoms with Crippen molar-refractivity contribution >= 4 is 11.8 Å². The quantitative estimate of drug-likeness (QED) is 0.150. The predicted molar refractivity (Wildman–Crippen MR) is 157 cm³/mol. The van der Waals surface area contributed by atoms with Gasteiger partial charge in [0.1, 0.15) is 6.10 Å². The summed E-state index contributed by atoms with van der Waals surface area (Å²) < 4.78 is 12.9. The molecular formula is C35H46O4. The second-order valence-corrected chi connectivity index (χ2v) is 14.2. The third-order valence-electron chi connectivity index (χ3n) is 9.48. The first kappa shape index (κ1) is 29.3. The van der Waals surface area contributed by atoms with Crippen LogP contribution in [0.2, 0.25) is 0 Å². The lowest BCUT2D eigenvalue weighted by Gasteiger charge is -2.41. The standard InChI is InChI=1S/C35H46O4/c1-10-17-35-18-16-27(34(35,8)9)29(30(35)39-31(37)28(36)24-14-12-11-13-15-24)38-22-23-19-25(32(2,3)4)21-26(20-23)33(5,6)7/h10-15,19-21,27,29-30H,1,16-18,22H2,2-9H3/t27-,29-,30-,35+/m1/s1. The number of ether oxygens (including phenoxy) is 2. The molecule has 2 aromatic rings. The van der Waals surface area contributed by atoms with Crippen LogP contribution in [0.25, 0.3) is 0 Å². The molecule has 0 saturated heterocycles. The van der Waals surface area contributed by atoms with Crippen LogP contribution < -0.4 is 0 Å². The van der Waals surface area contributed by atoms with Gasteiger partial charge in [0.05, 0.1) is 12.7 Å². The van der Waals surface area contributed by atoms with Gasteiger partial charge in [0.2, 0.25) is 0 Å². The lowest BCUT2D eigenvalue weighted by molar-refractivity contribution is -0.166. The van der Waals surface area contributed by atoms with Gasteiger partial charge in [0, 0.05) is 11.0 Å². The number of Topliss-reactive ketones (excluding diaryl/α,β-unsaturated/α-hetero) is 1. The van der Waals surface area contributed by atoms with Crippen LogP contribution in [-0.4, -0.2) is 24.0 Å². The minimum Gasteiger partial charge on any atom is -0.453 e. The van der Waals surface area contributed by atoms with Crippen LogP contribution in [0.15, 0.2) is 61.2 Å². The van der Waals surface area contributed by atoms with Crippen LogP contribution in [0, 0.1) is 16.7 Å². The van der Waals surface area contributed by atoms with Crippen molar-refractivity contribution in [2.24, 2.45) is 16.7 Å². The van der Waals surface area contributed by atoms with E-state index in [9.17, 15) is 9.59 Å². The van der Waals surface area contributed by atoms with Gasteiger partial charge in [-0.3, -0.25) is 4.79 Å². The van der Waals surface area contributed by atoms with Gasteiger partial charge in [-0.25, -0.2) is 4.79 Å². The summed E-state index contributed by atoms with van der Waals surface area (Å²) in [5.74, 6) is -1.21. The van der Waals surface area contributed by atoms with Crippen molar-refractivity contribution in [2.45, 2.75) is 104 Å². The summed E-state index contributed by atoms with van der Waals surface area (Å²) in [5.41, 5.74) is 3.59. The lowest BCUT2D eigenvalue weighted by Crippen LogP contribution is -2.46. The van der Waals surface area contributed by atoms with E-state index >= 15 is 0 Å². The van der Waals surface area contributed by atoms with Crippen molar-refractivity contribution in [2.75, 3.05) is 0 Å². The summed E-state index contributed by atoms with van der Waals surface area (Å²) in [4.78, 5) is 26.2. The zero-order chi connectivity index (χ0) is 28.8. The van der Waals surface area contributed by atoms with Crippen molar-refractivity contribution in [1.29, 1.82) is 0 Å². The number of ketones is 1. The number of fused-ring (bicyclic) bond motifs is 2. The molecular weight excluding hydrogens is 484 g/mol. The molecule has 4 heteroatoms. The topological polar surface area (TPSA) is 52.6 Å². The Morgan fingerprint density at radius 1 is 0.974 bits per heavy atom. The van der Waals surface area contributed by atoms with E-state index in [-0.39, 0.29) is 33.7 Å². The van der Waals surface area contributed by atoms with Gasteiger partial charge in [-0.2, -0.15) is 0 Å². The molecule has 0 aromatic heterocycles. The zero-order valence-corrected chi connectivity index (χ0v) is 25.1. The Morgan fingerprint density at radius 2 is 1.56 bits per heavy atom. The predicted octanol–water partition coefficient (Wildman–Crippen LogP) is 7.97. The largest absolute Gasteiger partial charge is 0.453 e. The number of allylic oxidation sites excluding steroid dienone is 1. The van der Waals surface area contributed by atoms with E-state index in [4.69, 9.17) is 9.47 Å². The molecule has 2 aliphatic carbocycles. The molecule has 2 bridgehead atoms. The van der Waals surface area contributed by atoms with Gasteiger partial charge in [-0.15, -0.1) is 6.58 Å². The van der Waals surface area contributed by atoms with Crippen LogP contribution in [-0.2, 0) is 31.7 Å². The Balaban J connectivity index is 1.66. The minimum atomic E-state index is -0.809. The molecule has 0 amide bonds. The summed E-state index contributed by atoms with van der Waals surface area (Å²) in [6.07, 6.45) is 3.74. The van der Waals surface area contributed by atoms with E-state index < -0.39 is 17.9 Å². The molecule has 210 valence electrons. The monoisotopic (exact) mass is 530 g/mol. The van der Waals surface area contributed by atoms with E-state index in [0.29, 0.717) is 18.6 Å². The van der Waals surface area contributed by atoms with Crippen molar-refractivity contribution in [3.05, 3.63) is 83.4 Å². The highest BCUT2D eigenvalue weighted by atomic mass is 16.6. The highest BCUT2D eigenvalue weighted by Gasteiger charge is 2.70. The molecule has 39 heavy (non-hydrogen) atoms. The smallest absolute Gasteiger partial charge is 0.380 e. The molecule has 0 unspecified atom stereocenters. The molecule has 4 atom stereocenters. The number of benzene rings is 2. The van der Waals surface area contributed by atoms with Crippen LogP contribution in [0.4, 0.5) is 0 Å². The van der Waals surface area contributed by atoms with Gasteiger partial charge in [0.15, 0.2) is 0 Å². The number of esters is 1. The van der Waals surface area contributed by atoms with Gasteiger partial charge in [0.25, 0.3) is 5.78 Å². The second-order valence-electron chi connectivity index (χ2n) is 14.2. The summed E-state index contributed by atoms with van der Waals surface area (Å²) in [6.45, 7) is 22.4.